The van der Waals surface area contributed by atoms with Gasteiger partial charge in [0.25, 0.3) is 0 Å². The van der Waals surface area contributed by atoms with Gasteiger partial charge in [-0.25, -0.2) is 9.18 Å². The van der Waals surface area contributed by atoms with Gasteiger partial charge in [0, 0.05) is 30.9 Å². The Morgan fingerprint density at radius 2 is 2.10 bits per heavy atom. The predicted octanol–water partition coefficient (Wildman–Crippen LogP) is 1.81. The molecule has 0 bridgehead atoms. The summed E-state index contributed by atoms with van der Waals surface area (Å²) in [6.07, 6.45) is 1.16. The summed E-state index contributed by atoms with van der Waals surface area (Å²) in [5, 5.41) is 5.69. The molecule has 2 N–H and O–H groups in total. The first-order valence-corrected chi connectivity index (χ1v) is 7.29. The molecule has 1 aromatic rings. The molecular formula is C15H20FN3O2. The zero-order chi connectivity index (χ0) is 14.8. The molecule has 0 saturated carbocycles. The van der Waals surface area contributed by atoms with Crippen LogP contribution in [-0.2, 0) is 4.74 Å². The van der Waals surface area contributed by atoms with E-state index in [0.717, 1.165) is 26.1 Å². The molecule has 2 fully saturated rings. The minimum absolute atomic E-state index is 0.129. The van der Waals surface area contributed by atoms with E-state index in [1.165, 1.54) is 12.1 Å². The standard InChI is InChI=1S/C15H20FN3O2/c1-10-7-19-8-13(6-14(19)9-21-10)18-15(20)17-12-4-2-11(16)3-5-12/h2-5,10,13-14H,6-9H2,1H3,(H2,17,18,20)/t10-,13-,14-/m0/s1. The van der Waals surface area contributed by atoms with E-state index in [0.29, 0.717) is 11.7 Å². The number of rotatable bonds is 2. The van der Waals surface area contributed by atoms with Gasteiger partial charge in [0.1, 0.15) is 5.82 Å². The largest absolute Gasteiger partial charge is 0.376 e. The third-order valence-corrected chi connectivity index (χ3v) is 4.03. The van der Waals surface area contributed by atoms with Crippen LogP contribution in [0.5, 0.6) is 0 Å². The summed E-state index contributed by atoms with van der Waals surface area (Å²) in [7, 11) is 0. The lowest BCUT2D eigenvalue weighted by atomic mass is 10.1. The lowest BCUT2D eigenvalue weighted by Crippen LogP contribution is -2.45. The Kier molecular flexibility index (Phi) is 4.07. The van der Waals surface area contributed by atoms with Crippen LogP contribution in [0.15, 0.2) is 24.3 Å². The Balaban J connectivity index is 1.50. The van der Waals surface area contributed by atoms with E-state index in [1.54, 1.807) is 12.1 Å². The van der Waals surface area contributed by atoms with Crippen molar-refractivity contribution < 1.29 is 13.9 Å². The molecule has 0 unspecified atom stereocenters. The number of anilines is 1. The molecule has 1 aromatic carbocycles. The predicted molar refractivity (Wildman–Crippen MR) is 77.7 cm³/mol. The Hall–Kier alpha value is -1.66. The van der Waals surface area contributed by atoms with Gasteiger partial charge < -0.3 is 15.4 Å². The Bertz CT molecular complexity index is 508. The van der Waals surface area contributed by atoms with Gasteiger partial charge in [0.15, 0.2) is 0 Å². The molecule has 0 aliphatic carbocycles. The normalized spacial score (nSPS) is 29.0. The maximum absolute atomic E-state index is 12.8. The number of nitrogens with one attached hydrogen (secondary N) is 2. The molecule has 21 heavy (non-hydrogen) atoms. The fourth-order valence-corrected chi connectivity index (χ4v) is 3.03. The molecule has 114 valence electrons. The number of amides is 2. The number of benzene rings is 1. The number of hydrogen-bond donors (Lipinski definition) is 2. The second-order valence-electron chi connectivity index (χ2n) is 5.79. The van der Waals surface area contributed by atoms with Crippen LogP contribution in [0.3, 0.4) is 0 Å². The number of carbonyl (C=O) groups excluding carboxylic acids is 1. The minimum Gasteiger partial charge on any atom is -0.376 e. The first kappa shape index (κ1) is 14.3. The van der Waals surface area contributed by atoms with Crippen molar-refractivity contribution in [2.75, 3.05) is 25.0 Å². The molecule has 0 aromatic heterocycles. The first-order chi connectivity index (χ1) is 10.1. The van der Waals surface area contributed by atoms with Crippen molar-refractivity contribution in [1.82, 2.24) is 10.2 Å². The van der Waals surface area contributed by atoms with Gasteiger partial charge in [-0.05, 0) is 37.6 Å². The smallest absolute Gasteiger partial charge is 0.319 e. The lowest BCUT2D eigenvalue weighted by molar-refractivity contribution is -0.0390. The summed E-state index contributed by atoms with van der Waals surface area (Å²) in [6.45, 7) is 4.58. The summed E-state index contributed by atoms with van der Waals surface area (Å²) in [5.74, 6) is -0.317. The summed E-state index contributed by atoms with van der Waals surface area (Å²) in [6, 6.07) is 6.01. The number of morpholine rings is 1. The molecular weight excluding hydrogens is 273 g/mol. The van der Waals surface area contributed by atoms with E-state index in [-0.39, 0.29) is 24.0 Å². The third kappa shape index (κ3) is 3.51. The molecule has 3 rings (SSSR count). The number of halogens is 1. The molecule has 2 saturated heterocycles. The van der Waals surface area contributed by atoms with Crippen LogP contribution in [0.4, 0.5) is 14.9 Å². The Labute approximate surface area is 123 Å². The number of nitrogens with zero attached hydrogens (tertiary/aromatic N) is 1. The molecule has 0 radical (unpaired) electrons. The van der Waals surface area contributed by atoms with Crippen LogP contribution in [0.1, 0.15) is 13.3 Å². The highest BCUT2D eigenvalue weighted by Gasteiger charge is 2.36. The van der Waals surface area contributed by atoms with Crippen molar-refractivity contribution in [3.8, 4) is 0 Å². The van der Waals surface area contributed by atoms with Gasteiger partial charge >= 0.3 is 6.03 Å². The SMILES string of the molecule is C[C@H]1CN2C[C@@H](NC(=O)Nc3ccc(F)cc3)C[C@H]2CO1. The van der Waals surface area contributed by atoms with Crippen LogP contribution < -0.4 is 10.6 Å². The molecule has 6 heteroatoms. The van der Waals surface area contributed by atoms with Crippen molar-refractivity contribution in [2.45, 2.75) is 31.5 Å². The van der Waals surface area contributed by atoms with Crippen LogP contribution >= 0.6 is 0 Å². The van der Waals surface area contributed by atoms with E-state index < -0.39 is 0 Å². The number of urea groups is 1. The lowest BCUT2D eigenvalue weighted by Gasteiger charge is -2.33. The van der Waals surface area contributed by atoms with Crippen molar-refractivity contribution >= 4 is 11.7 Å². The summed E-state index contributed by atoms with van der Waals surface area (Å²) >= 11 is 0. The van der Waals surface area contributed by atoms with E-state index in [1.807, 2.05) is 0 Å². The van der Waals surface area contributed by atoms with Gasteiger partial charge in [-0.1, -0.05) is 0 Å². The molecule has 2 aliphatic heterocycles. The van der Waals surface area contributed by atoms with Crippen LogP contribution in [0.25, 0.3) is 0 Å². The average Bonchev–Trinajstić information content (AvgIpc) is 2.82. The zero-order valence-corrected chi connectivity index (χ0v) is 12.0. The number of hydrogen-bond acceptors (Lipinski definition) is 3. The van der Waals surface area contributed by atoms with Gasteiger partial charge in [0.2, 0.25) is 0 Å². The second-order valence-corrected chi connectivity index (χ2v) is 5.79. The number of carbonyl (C=O) groups is 1. The van der Waals surface area contributed by atoms with Gasteiger partial charge in [-0.3, -0.25) is 4.90 Å². The highest BCUT2D eigenvalue weighted by atomic mass is 19.1. The quantitative estimate of drug-likeness (QED) is 0.874. The van der Waals surface area contributed by atoms with Gasteiger partial charge in [-0.15, -0.1) is 0 Å². The van der Waals surface area contributed by atoms with Crippen LogP contribution in [-0.4, -0.2) is 48.8 Å². The van der Waals surface area contributed by atoms with E-state index in [2.05, 4.69) is 22.5 Å². The second kappa shape index (κ2) is 5.99. The van der Waals surface area contributed by atoms with E-state index >= 15 is 0 Å². The maximum atomic E-state index is 12.8. The average molecular weight is 293 g/mol. The monoisotopic (exact) mass is 293 g/mol. The van der Waals surface area contributed by atoms with Gasteiger partial charge in [0.05, 0.1) is 12.7 Å². The maximum Gasteiger partial charge on any atom is 0.319 e. The topological polar surface area (TPSA) is 53.6 Å². The van der Waals surface area contributed by atoms with E-state index in [4.69, 9.17) is 4.74 Å². The van der Waals surface area contributed by atoms with Crippen LogP contribution in [0.2, 0.25) is 0 Å². The van der Waals surface area contributed by atoms with E-state index in [9.17, 15) is 9.18 Å². The summed E-state index contributed by atoms with van der Waals surface area (Å²) in [5.41, 5.74) is 0.585. The van der Waals surface area contributed by atoms with Crippen molar-refractivity contribution in [2.24, 2.45) is 0 Å². The number of fused-ring (bicyclic) bond motifs is 1. The molecule has 2 aliphatic rings. The fourth-order valence-electron chi connectivity index (χ4n) is 3.03. The molecule has 3 atom stereocenters. The number of ether oxygens (including phenoxy) is 1. The van der Waals surface area contributed by atoms with Crippen LogP contribution in [0, 0.1) is 5.82 Å². The van der Waals surface area contributed by atoms with Crippen molar-refractivity contribution in [1.29, 1.82) is 0 Å². The fraction of sp³-hybridized carbons (Fsp3) is 0.533. The Morgan fingerprint density at radius 3 is 2.86 bits per heavy atom. The van der Waals surface area contributed by atoms with Crippen molar-refractivity contribution in [3.63, 3.8) is 0 Å². The summed E-state index contributed by atoms with van der Waals surface area (Å²) < 4.78 is 18.5. The highest BCUT2D eigenvalue weighted by molar-refractivity contribution is 5.89. The Morgan fingerprint density at radius 1 is 1.33 bits per heavy atom. The first-order valence-electron chi connectivity index (χ1n) is 7.29. The minimum atomic E-state index is -0.317. The van der Waals surface area contributed by atoms with Gasteiger partial charge in [-0.2, -0.15) is 0 Å². The van der Waals surface area contributed by atoms with Crippen molar-refractivity contribution in [3.05, 3.63) is 30.1 Å². The summed E-state index contributed by atoms with van der Waals surface area (Å²) in [4.78, 5) is 14.3. The molecule has 0 spiro atoms. The molecule has 2 heterocycles. The zero-order valence-electron chi connectivity index (χ0n) is 12.0. The molecule has 2 amide bonds. The highest BCUT2D eigenvalue weighted by Crippen LogP contribution is 2.23. The molecule has 5 nitrogen and oxygen atoms in total. The third-order valence-electron chi connectivity index (χ3n) is 4.03.